The third-order valence-electron chi connectivity index (χ3n) is 3.86. The molecule has 1 aliphatic carbocycles. The summed E-state index contributed by atoms with van der Waals surface area (Å²) in [5.74, 6) is 1.01. The van der Waals surface area contributed by atoms with Crippen LogP contribution in [0.3, 0.4) is 0 Å². The molecule has 120 valence electrons. The molecule has 22 heavy (non-hydrogen) atoms. The van der Waals surface area contributed by atoms with Crippen LogP contribution in [0.1, 0.15) is 18.4 Å². The van der Waals surface area contributed by atoms with Crippen molar-refractivity contribution in [1.29, 1.82) is 0 Å². The number of alkyl halides is 3. The van der Waals surface area contributed by atoms with Gasteiger partial charge in [0.25, 0.3) is 0 Å². The van der Waals surface area contributed by atoms with Gasteiger partial charge >= 0.3 is 12.2 Å². The summed E-state index contributed by atoms with van der Waals surface area (Å²) in [6.07, 6.45) is -2.14. The van der Waals surface area contributed by atoms with Crippen LogP contribution in [-0.2, 0) is 6.18 Å². The fourth-order valence-electron chi connectivity index (χ4n) is 2.26. The van der Waals surface area contributed by atoms with E-state index in [0.717, 1.165) is 18.7 Å². The average Bonchev–Trinajstić information content (AvgIpc) is 3.23. The maximum atomic E-state index is 12.4. The van der Waals surface area contributed by atoms with Crippen molar-refractivity contribution >= 4 is 6.03 Å². The van der Waals surface area contributed by atoms with Gasteiger partial charge in [0, 0.05) is 6.54 Å². The zero-order chi connectivity index (χ0) is 15.7. The lowest BCUT2D eigenvalue weighted by molar-refractivity contribution is -0.137. The number of nitrogens with zero attached hydrogens (tertiary/aromatic N) is 1. The van der Waals surface area contributed by atoms with E-state index in [0.29, 0.717) is 24.8 Å². The fraction of sp³-hybridized carbons (Fsp3) is 0.533. The molecule has 7 heteroatoms. The summed E-state index contributed by atoms with van der Waals surface area (Å²) in [7, 11) is 0. The molecule has 1 saturated carbocycles. The third kappa shape index (κ3) is 3.64. The van der Waals surface area contributed by atoms with Gasteiger partial charge in [0.15, 0.2) is 0 Å². The summed E-state index contributed by atoms with van der Waals surface area (Å²) >= 11 is 0. The molecule has 1 heterocycles. The van der Waals surface area contributed by atoms with E-state index in [4.69, 9.17) is 4.74 Å². The zero-order valence-corrected chi connectivity index (χ0v) is 11.9. The van der Waals surface area contributed by atoms with Crippen LogP contribution in [0.25, 0.3) is 0 Å². The van der Waals surface area contributed by atoms with Gasteiger partial charge in [-0.2, -0.15) is 13.2 Å². The maximum absolute atomic E-state index is 12.4. The smallest absolute Gasteiger partial charge is 0.416 e. The van der Waals surface area contributed by atoms with Gasteiger partial charge in [-0.1, -0.05) is 0 Å². The van der Waals surface area contributed by atoms with E-state index in [1.54, 1.807) is 4.90 Å². The lowest BCUT2D eigenvalue weighted by atomic mass is 10.1. The van der Waals surface area contributed by atoms with Crippen molar-refractivity contribution in [2.45, 2.75) is 25.1 Å². The first-order valence-corrected chi connectivity index (χ1v) is 7.28. The number of amides is 2. The molecule has 0 atom stereocenters. The molecule has 2 fully saturated rings. The molecule has 1 aromatic carbocycles. The molecule has 0 bridgehead atoms. The van der Waals surface area contributed by atoms with Crippen LogP contribution in [0.5, 0.6) is 5.75 Å². The molecule has 1 aromatic rings. The van der Waals surface area contributed by atoms with Gasteiger partial charge in [0.2, 0.25) is 0 Å². The molecule has 1 N–H and O–H groups in total. The first kappa shape index (κ1) is 15.0. The number of urea groups is 1. The number of rotatable bonds is 4. The number of benzene rings is 1. The van der Waals surface area contributed by atoms with Gasteiger partial charge in [-0.25, -0.2) is 4.79 Å². The number of carbonyl (C=O) groups excluding carboxylic acids is 1. The predicted molar refractivity (Wildman–Crippen MR) is 73.6 cm³/mol. The van der Waals surface area contributed by atoms with Gasteiger partial charge < -0.3 is 15.0 Å². The monoisotopic (exact) mass is 314 g/mol. The highest BCUT2D eigenvalue weighted by Gasteiger charge is 2.34. The molecule has 3 rings (SSSR count). The molecule has 0 radical (unpaired) electrons. The molecule has 2 amide bonds. The summed E-state index contributed by atoms with van der Waals surface area (Å²) in [4.78, 5) is 13.4. The number of nitrogens with one attached hydrogen (secondary N) is 1. The number of likely N-dealkylation sites (tertiary alicyclic amines) is 1. The average molecular weight is 314 g/mol. The Morgan fingerprint density at radius 1 is 1.23 bits per heavy atom. The Hall–Kier alpha value is -1.92. The van der Waals surface area contributed by atoms with Gasteiger partial charge in [-0.05, 0) is 43.0 Å². The van der Waals surface area contributed by atoms with E-state index in [1.165, 1.54) is 25.0 Å². The van der Waals surface area contributed by atoms with Gasteiger partial charge in [-0.15, -0.1) is 0 Å². The largest absolute Gasteiger partial charge is 0.487 e. The van der Waals surface area contributed by atoms with Gasteiger partial charge in [0.05, 0.1) is 18.7 Å². The van der Waals surface area contributed by atoms with Crippen LogP contribution in [0.15, 0.2) is 24.3 Å². The highest BCUT2D eigenvalue weighted by atomic mass is 19.4. The van der Waals surface area contributed by atoms with Gasteiger partial charge in [-0.3, -0.25) is 0 Å². The zero-order valence-electron chi connectivity index (χ0n) is 11.9. The van der Waals surface area contributed by atoms with Crippen molar-refractivity contribution in [2.75, 3.05) is 19.6 Å². The summed E-state index contributed by atoms with van der Waals surface area (Å²) in [6.45, 7) is 1.63. The second kappa shape index (κ2) is 5.70. The van der Waals surface area contributed by atoms with Crippen molar-refractivity contribution in [1.82, 2.24) is 10.2 Å². The second-order valence-electron chi connectivity index (χ2n) is 5.80. The minimum absolute atomic E-state index is 0.0980. The molecule has 4 nitrogen and oxygen atoms in total. The Morgan fingerprint density at radius 2 is 1.86 bits per heavy atom. The van der Waals surface area contributed by atoms with Crippen LogP contribution >= 0.6 is 0 Å². The lowest BCUT2D eigenvalue weighted by Crippen LogP contribution is -2.59. The van der Waals surface area contributed by atoms with E-state index in [9.17, 15) is 18.0 Å². The summed E-state index contributed by atoms with van der Waals surface area (Å²) < 4.78 is 42.9. The molecule has 1 saturated heterocycles. The standard InChI is InChI=1S/C15H17F3N2O2/c16-15(17,18)11-3-5-12(6-4-11)22-13-8-20(9-13)14(21)19-7-10-1-2-10/h3-6,10,13H,1-2,7-9H2,(H,19,21). The van der Waals surface area contributed by atoms with Crippen LogP contribution in [0.4, 0.5) is 18.0 Å². The summed E-state index contributed by atoms with van der Waals surface area (Å²) in [5, 5.41) is 2.86. The molecule has 1 aliphatic heterocycles. The number of hydrogen-bond donors (Lipinski definition) is 1. The quantitative estimate of drug-likeness (QED) is 0.928. The Kier molecular flexibility index (Phi) is 3.88. The van der Waals surface area contributed by atoms with E-state index in [2.05, 4.69) is 5.32 Å². The minimum atomic E-state index is -4.34. The first-order chi connectivity index (χ1) is 10.4. The normalized spacial score (nSPS) is 18.8. The van der Waals surface area contributed by atoms with Crippen LogP contribution in [-0.4, -0.2) is 36.7 Å². The fourth-order valence-corrected chi connectivity index (χ4v) is 2.26. The molecular formula is C15H17F3N2O2. The van der Waals surface area contributed by atoms with E-state index in [1.807, 2.05) is 0 Å². The minimum Gasteiger partial charge on any atom is -0.487 e. The molecule has 0 spiro atoms. The van der Waals surface area contributed by atoms with Crippen molar-refractivity contribution in [2.24, 2.45) is 5.92 Å². The van der Waals surface area contributed by atoms with Crippen LogP contribution in [0.2, 0.25) is 0 Å². The van der Waals surface area contributed by atoms with E-state index in [-0.39, 0.29) is 12.1 Å². The van der Waals surface area contributed by atoms with Crippen molar-refractivity contribution in [3.63, 3.8) is 0 Å². The van der Waals surface area contributed by atoms with Crippen molar-refractivity contribution in [3.8, 4) is 5.75 Å². The topological polar surface area (TPSA) is 41.6 Å². The Labute approximate surface area is 126 Å². The number of hydrogen-bond acceptors (Lipinski definition) is 2. The first-order valence-electron chi connectivity index (χ1n) is 7.28. The summed E-state index contributed by atoms with van der Waals surface area (Å²) in [6, 6.07) is 4.50. The van der Waals surface area contributed by atoms with Crippen molar-refractivity contribution < 1.29 is 22.7 Å². The molecule has 0 unspecified atom stereocenters. The second-order valence-corrected chi connectivity index (χ2v) is 5.80. The van der Waals surface area contributed by atoms with Gasteiger partial charge in [0.1, 0.15) is 11.9 Å². The Bertz CT molecular complexity index is 535. The SMILES string of the molecule is O=C(NCC1CC1)N1CC(Oc2ccc(C(F)(F)F)cc2)C1. The predicted octanol–water partition coefficient (Wildman–Crippen LogP) is 2.89. The van der Waals surface area contributed by atoms with Crippen molar-refractivity contribution in [3.05, 3.63) is 29.8 Å². The van der Waals surface area contributed by atoms with Crippen LogP contribution < -0.4 is 10.1 Å². The number of halogens is 3. The van der Waals surface area contributed by atoms with Crippen LogP contribution in [0, 0.1) is 5.92 Å². The molecular weight excluding hydrogens is 297 g/mol. The maximum Gasteiger partial charge on any atom is 0.416 e. The highest BCUT2D eigenvalue weighted by molar-refractivity contribution is 5.75. The highest BCUT2D eigenvalue weighted by Crippen LogP contribution is 2.31. The summed E-state index contributed by atoms with van der Waals surface area (Å²) in [5.41, 5.74) is -0.700. The Morgan fingerprint density at radius 3 is 2.41 bits per heavy atom. The lowest BCUT2D eigenvalue weighted by Gasteiger charge is -2.38. The van der Waals surface area contributed by atoms with E-state index < -0.39 is 11.7 Å². The Balaban J connectivity index is 1.42. The third-order valence-corrected chi connectivity index (χ3v) is 3.86. The molecule has 2 aliphatic rings. The molecule has 0 aromatic heterocycles. The number of ether oxygens (including phenoxy) is 1. The van der Waals surface area contributed by atoms with E-state index >= 15 is 0 Å². The number of carbonyl (C=O) groups is 1.